The lowest BCUT2D eigenvalue weighted by molar-refractivity contribution is 0.873. The van der Waals surface area contributed by atoms with Crippen LogP contribution in [0.25, 0.3) is 0 Å². The zero-order chi connectivity index (χ0) is 8.10. The van der Waals surface area contributed by atoms with E-state index in [0.29, 0.717) is 5.84 Å². The van der Waals surface area contributed by atoms with Crippen LogP contribution in [0.1, 0.15) is 6.42 Å². The minimum absolute atomic E-state index is 0.225. The van der Waals surface area contributed by atoms with Crippen molar-refractivity contribution in [3.8, 4) is 0 Å². The average Bonchev–Trinajstić information content (AvgIpc) is 2.18. The lowest BCUT2D eigenvalue weighted by Crippen LogP contribution is -2.20. The van der Waals surface area contributed by atoms with Gasteiger partial charge in [-0.3, -0.25) is 0 Å². The summed E-state index contributed by atoms with van der Waals surface area (Å²) in [6.45, 7) is 3.65. The van der Waals surface area contributed by atoms with Gasteiger partial charge in [0.15, 0.2) is 0 Å². The van der Waals surface area contributed by atoms with E-state index in [1.165, 1.54) is 0 Å². The molecule has 0 spiro atoms. The smallest absolute Gasteiger partial charge is 0.106 e. The van der Waals surface area contributed by atoms with Crippen molar-refractivity contribution >= 4 is 5.84 Å². The summed E-state index contributed by atoms with van der Waals surface area (Å²) >= 11 is 0. The molecule has 0 fully saturated rings. The average molecular weight is 148 g/mol. The number of aliphatic imine (C=N–C) groups is 1. The second-order valence-electron chi connectivity index (χ2n) is 2.41. The normalized spacial score (nSPS) is 22.5. The molecule has 2 N–H and O–H groups in total. The van der Waals surface area contributed by atoms with Crippen molar-refractivity contribution in [1.29, 1.82) is 0 Å². The lowest BCUT2D eigenvalue weighted by Gasteiger charge is -2.06. The molecule has 0 aromatic rings. The summed E-state index contributed by atoms with van der Waals surface area (Å²) in [6, 6.07) is 0. The molecule has 0 amide bonds. The lowest BCUT2D eigenvalue weighted by atomic mass is 10.0. The highest BCUT2D eigenvalue weighted by Gasteiger charge is 2.06. The van der Waals surface area contributed by atoms with Gasteiger partial charge in [-0.1, -0.05) is 18.2 Å². The monoisotopic (exact) mass is 148 g/mol. The second kappa shape index (κ2) is 3.76. The van der Waals surface area contributed by atoms with Gasteiger partial charge in [0.1, 0.15) is 5.84 Å². The Kier molecular flexibility index (Phi) is 2.66. The van der Waals surface area contributed by atoms with Crippen molar-refractivity contribution in [1.82, 2.24) is 0 Å². The van der Waals surface area contributed by atoms with Gasteiger partial charge < -0.3 is 5.73 Å². The number of allylic oxidation sites excluding steroid dienone is 3. The fraction of sp³-hybridized carbons (Fsp3) is 0.222. The molecule has 0 aliphatic carbocycles. The summed E-state index contributed by atoms with van der Waals surface area (Å²) in [5.41, 5.74) is 5.66. The maximum Gasteiger partial charge on any atom is 0.106 e. The Labute approximate surface area is 66.8 Å². The Morgan fingerprint density at radius 3 is 3.18 bits per heavy atom. The molecule has 1 atom stereocenters. The van der Waals surface area contributed by atoms with Gasteiger partial charge in [-0.25, -0.2) is 4.99 Å². The number of nitrogens with two attached hydrogens (primary N) is 1. The molecule has 0 aromatic heterocycles. The highest BCUT2D eigenvalue weighted by Crippen LogP contribution is 2.08. The fourth-order valence-electron chi connectivity index (χ4n) is 0.950. The van der Waals surface area contributed by atoms with Gasteiger partial charge >= 0.3 is 0 Å². The van der Waals surface area contributed by atoms with Crippen LogP contribution in [0.2, 0.25) is 0 Å². The van der Waals surface area contributed by atoms with E-state index in [9.17, 15) is 0 Å². The van der Waals surface area contributed by atoms with Gasteiger partial charge in [0.25, 0.3) is 0 Å². The standard InChI is InChI=1S/C9H12N2/c1-2-5-8-6-3-4-7-11-9(8)10/h2-4,6-8H,1,5H2,(H2,10,11). The van der Waals surface area contributed by atoms with E-state index in [-0.39, 0.29) is 5.92 Å². The number of nitrogens with zero attached hydrogens (tertiary/aromatic N) is 1. The van der Waals surface area contributed by atoms with Crippen molar-refractivity contribution in [2.45, 2.75) is 6.42 Å². The quantitative estimate of drug-likeness (QED) is 0.594. The molecule has 1 aliphatic heterocycles. The third kappa shape index (κ3) is 2.08. The van der Waals surface area contributed by atoms with Crippen LogP contribution in [-0.2, 0) is 0 Å². The highest BCUT2D eigenvalue weighted by molar-refractivity contribution is 5.85. The van der Waals surface area contributed by atoms with Crippen LogP contribution in [0.3, 0.4) is 0 Å². The van der Waals surface area contributed by atoms with E-state index in [1.807, 2.05) is 24.3 Å². The summed E-state index contributed by atoms with van der Waals surface area (Å²) in [4.78, 5) is 4.03. The van der Waals surface area contributed by atoms with Gasteiger partial charge in [-0.2, -0.15) is 0 Å². The summed E-state index contributed by atoms with van der Waals surface area (Å²) in [7, 11) is 0. The van der Waals surface area contributed by atoms with Crippen LogP contribution in [0.15, 0.2) is 42.1 Å². The maximum atomic E-state index is 5.66. The van der Waals surface area contributed by atoms with E-state index in [4.69, 9.17) is 5.73 Å². The van der Waals surface area contributed by atoms with Crippen molar-refractivity contribution in [2.75, 3.05) is 0 Å². The van der Waals surface area contributed by atoms with Gasteiger partial charge in [0, 0.05) is 12.1 Å². The first-order valence-corrected chi connectivity index (χ1v) is 3.62. The Morgan fingerprint density at radius 1 is 1.64 bits per heavy atom. The third-order valence-electron chi connectivity index (χ3n) is 1.56. The van der Waals surface area contributed by atoms with Crippen LogP contribution in [0.5, 0.6) is 0 Å². The topological polar surface area (TPSA) is 38.4 Å². The molecular formula is C9H12N2. The molecule has 58 valence electrons. The maximum absolute atomic E-state index is 5.66. The van der Waals surface area contributed by atoms with Crippen LogP contribution in [-0.4, -0.2) is 5.84 Å². The molecule has 2 nitrogen and oxygen atoms in total. The molecule has 11 heavy (non-hydrogen) atoms. The van der Waals surface area contributed by atoms with Gasteiger partial charge in [0.05, 0.1) is 0 Å². The van der Waals surface area contributed by atoms with E-state index >= 15 is 0 Å². The van der Waals surface area contributed by atoms with Crippen LogP contribution in [0.4, 0.5) is 0 Å². The number of rotatable bonds is 2. The SMILES string of the molecule is C=CCC1C=CC=CN=C1N. The summed E-state index contributed by atoms with van der Waals surface area (Å²) in [5.74, 6) is 0.886. The zero-order valence-corrected chi connectivity index (χ0v) is 6.40. The molecule has 2 heteroatoms. The molecule has 0 radical (unpaired) electrons. The van der Waals surface area contributed by atoms with Gasteiger partial charge in [-0.15, -0.1) is 6.58 Å². The Balaban J connectivity index is 2.71. The summed E-state index contributed by atoms with van der Waals surface area (Å²) in [6.07, 6.45) is 10.3. The first-order chi connectivity index (χ1) is 5.34. The number of hydrogen-bond acceptors (Lipinski definition) is 2. The molecule has 1 rings (SSSR count). The predicted molar refractivity (Wildman–Crippen MR) is 48.2 cm³/mol. The van der Waals surface area contributed by atoms with Crippen LogP contribution in [0, 0.1) is 5.92 Å². The molecule has 0 saturated heterocycles. The van der Waals surface area contributed by atoms with Crippen molar-refractivity contribution in [3.05, 3.63) is 37.1 Å². The van der Waals surface area contributed by atoms with Crippen LogP contribution >= 0.6 is 0 Å². The van der Waals surface area contributed by atoms with Gasteiger partial charge in [0.2, 0.25) is 0 Å². The molecule has 1 aliphatic rings. The molecule has 1 heterocycles. The molecule has 0 bridgehead atoms. The largest absolute Gasteiger partial charge is 0.387 e. The van der Waals surface area contributed by atoms with Crippen LogP contribution < -0.4 is 5.73 Å². The second-order valence-corrected chi connectivity index (χ2v) is 2.41. The molecule has 0 saturated carbocycles. The third-order valence-corrected chi connectivity index (χ3v) is 1.56. The summed E-state index contributed by atoms with van der Waals surface area (Å²) in [5, 5.41) is 0. The van der Waals surface area contributed by atoms with Gasteiger partial charge in [-0.05, 0) is 12.5 Å². The number of hydrogen-bond donors (Lipinski definition) is 1. The Hall–Kier alpha value is -1.31. The zero-order valence-electron chi connectivity index (χ0n) is 6.40. The highest BCUT2D eigenvalue weighted by atomic mass is 14.8. The minimum Gasteiger partial charge on any atom is -0.387 e. The number of amidine groups is 1. The summed E-state index contributed by atoms with van der Waals surface area (Å²) < 4.78 is 0. The first kappa shape index (κ1) is 7.79. The van der Waals surface area contributed by atoms with Crippen molar-refractivity contribution in [2.24, 2.45) is 16.6 Å². The van der Waals surface area contributed by atoms with Crippen molar-refractivity contribution < 1.29 is 0 Å². The molecule has 0 aromatic carbocycles. The molecule has 1 unspecified atom stereocenters. The predicted octanol–water partition coefficient (Wildman–Crippen LogP) is 1.62. The van der Waals surface area contributed by atoms with E-state index < -0.39 is 0 Å². The Morgan fingerprint density at radius 2 is 2.45 bits per heavy atom. The fourth-order valence-corrected chi connectivity index (χ4v) is 0.950. The Bertz CT molecular complexity index is 224. The van der Waals surface area contributed by atoms with Crippen molar-refractivity contribution in [3.63, 3.8) is 0 Å². The van der Waals surface area contributed by atoms with E-state index in [0.717, 1.165) is 6.42 Å². The van der Waals surface area contributed by atoms with E-state index in [1.54, 1.807) is 6.20 Å². The van der Waals surface area contributed by atoms with E-state index in [2.05, 4.69) is 11.6 Å². The molecular weight excluding hydrogens is 136 g/mol. The minimum atomic E-state index is 0.225. The first-order valence-electron chi connectivity index (χ1n) is 3.62.